The summed E-state index contributed by atoms with van der Waals surface area (Å²) < 4.78 is 10.4. The Morgan fingerprint density at radius 1 is 1.41 bits per heavy atom. The van der Waals surface area contributed by atoms with Crippen LogP contribution in [-0.2, 0) is 14.3 Å². The van der Waals surface area contributed by atoms with E-state index in [0.717, 1.165) is 0 Å². The summed E-state index contributed by atoms with van der Waals surface area (Å²) in [6, 6.07) is 0. The van der Waals surface area contributed by atoms with Gasteiger partial charge >= 0.3 is 5.97 Å². The molecule has 0 saturated carbocycles. The highest BCUT2D eigenvalue weighted by Crippen LogP contribution is 2.22. The summed E-state index contributed by atoms with van der Waals surface area (Å²) in [5, 5.41) is 21.6. The molecule has 0 aromatic rings. The number of rotatable bonds is 4. The summed E-state index contributed by atoms with van der Waals surface area (Å²) >= 11 is 0. The third-order valence-electron chi connectivity index (χ3n) is 2.62. The predicted octanol–water partition coefficient (Wildman–Crippen LogP) is 0.301. The van der Waals surface area contributed by atoms with Crippen molar-refractivity contribution in [2.75, 3.05) is 13.2 Å². The van der Waals surface area contributed by atoms with Crippen molar-refractivity contribution in [3.05, 3.63) is 0 Å². The zero-order chi connectivity index (χ0) is 13.1. The van der Waals surface area contributed by atoms with Crippen molar-refractivity contribution < 1.29 is 24.5 Å². The van der Waals surface area contributed by atoms with E-state index in [9.17, 15) is 15.0 Å². The van der Waals surface area contributed by atoms with E-state index < -0.39 is 23.5 Å². The average Bonchev–Trinajstić information content (AvgIpc) is 2.15. The van der Waals surface area contributed by atoms with Crippen LogP contribution in [0, 0.1) is 0 Å². The van der Waals surface area contributed by atoms with Gasteiger partial charge in [-0.2, -0.15) is 0 Å². The van der Waals surface area contributed by atoms with Gasteiger partial charge in [-0.15, -0.1) is 0 Å². The highest BCUT2D eigenvalue weighted by Gasteiger charge is 2.42. The molecule has 0 aromatic heterocycles. The Hall–Kier alpha value is -0.690. The molecule has 1 aliphatic rings. The van der Waals surface area contributed by atoms with Crippen molar-refractivity contribution in [2.24, 2.45) is 0 Å². The maximum atomic E-state index is 11.3. The quantitative estimate of drug-likeness (QED) is 0.619. The van der Waals surface area contributed by atoms with Crippen LogP contribution in [0.5, 0.6) is 0 Å². The number of aliphatic carboxylic acids is 1. The smallest absolute Gasteiger partial charge is 0.324 e. The molecular formula is C11H21NO5. The van der Waals surface area contributed by atoms with Crippen molar-refractivity contribution in [1.82, 2.24) is 5.32 Å². The number of carbonyl (C=O) groups is 1. The van der Waals surface area contributed by atoms with Crippen LogP contribution in [0.3, 0.4) is 0 Å². The van der Waals surface area contributed by atoms with Gasteiger partial charge in [-0.3, -0.25) is 10.1 Å². The topological polar surface area (TPSA) is 88.0 Å². The lowest BCUT2D eigenvalue weighted by Gasteiger charge is -2.37. The summed E-state index contributed by atoms with van der Waals surface area (Å²) in [7, 11) is 0. The zero-order valence-corrected chi connectivity index (χ0v) is 10.5. The van der Waals surface area contributed by atoms with Gasteiger partial charge in [-0.25, -0.2) is 0 Å². The molecule has 0 bridgehead atoms. The van der Waals surface area contributed by atoms with Crippen molar-refractivity contribution in [2.45, 2.75) is 51.2 Å². The van der Waals surface area contributed by atoms with Crippen LogP contribution in [0.25, 0.3) is 0 Å². The second-order valence-corrected chi connectivity index (χ2v) is 5.23. The molecule has 17 heavy (non-hydrogen) atoms. The number of ether oxygens (including phenoxy) is 2. The average molecular weight is 247 g/mol. The molecule has 1 unspecified atom stereocenters. The van der Waals surface area contributed by atoms with E-state index in [1.165, 1.54) is 0 Å². The number of hydrogen-bond acceptors (Lipinski definition) is 5. The Bertz CT molecular complexity index is 268. The highest BCUT2D eigenvalue weighted by atomic mass is 16.6. The summed E-state index contributed by atoms with van der Waals surface area (Å²) in [4.78, 5) is 11.3. The lowest BCUT2D eigenvalue weighted by atomic mass is 9.90. The number of aliphatic hydroxyl groups excluding tert-OH is 1. The van der Waals surface area contributed by atoms with E-state index in [-0.39, 0.29) is 0 Å². The Morgan fingerprint density at radius 3 is 2.35 bits per heavy atom. The second kappa shape index (κ2) is 5.30. The third kappa shape index (κ3) is 4.23. The molecule has 0 aliphatic carbocycles. The highest BCUT2D eigenvalue weighted by molar-refractivity contribution is 5.78. The molecule has 0 amide bonds. The van der Waals surface area contributed by atoms with Gasteiger partial charge in [0.25, 0.3) is 0 Å². The van der Waals surface area contributed by atoms with Crippen molar-refractivity contribution in [3.8, 4) is 0 Å². The molecule has 1 heterocycles. The predicted molar refractivity (Wildman–Crippen MR) is 60.4 cm³/mol. The van der Waals surface area contributed by atoms with E-state index >= 15 is 0 Å². The molecular weight excluding hydrogens is 226 g/mol. The van der Waals surface area contributed by atoms with Crippen LogP contribution < -0.4 is 5.32 Å². The van der Waals surface area contributed by atoms with Crippen LogP contribution in [0.2, 0.25) is 0 Å². The summed E-state index contributed by atoms with van der Waals surface area (Å²) in [5.74, 6) is -0.989. The Morgan fingerprint density at radius 2 is 1.94 bits per heavy atom. The molecule has 1 saturated heterocycles. The molecule has 1 rings (SSSR count). The van der Waals surface area contributed by atoms with E-state index in [1.807, 2.05) is 0 Å². The largest absolute Gasteiger partial charge is 0.480 e. The van der Waals surface area contributed by atoms with Gasteiger partial charge in [0.2, 0.25) is 6.41 Å². The maximum Gasteiger partial charge on any atom is 0.324 e. The molecule has 100 valence electrons. The number of nitrogens with one attached hydrogen (secondary N) is 1. The fraction of sp³-hybridized carbons (Fsp3) is 0.909. The van der Waals surface area contributed by atoms with E-state index in [2.05, 4.69) is 5.32 Å². The van der Waals surface area contributed by atoms with Gasteiger partial charge in [-0.1, -0.05) is 0 Å². The van der Waals surface area contributed by atoms with Crippen LogP contribution in [-0.4, -0.2) is 47.0 Å². The SMILES string of the molecule is CC(C)(C)OC(O)NC1(C(=O)O)CCOCC1. The van der Waals surface area contributed by atoms with Gasteiger partial charge in [0.1, 0.15) is 5.54 Å². The Balaban J connectivity index is 2.64. The number of carboxylic acids is 1. The minimum atomic E-state index is -1.30. The van der Waals surface area contributed by atoms with Gasteiger partial charge in [-0.05, 0) is 33.6 Å². The summed E-state index contributed by atoms with van der Waals surface area (Å²) in [6.45, 7) is 6.09. The molecule has 3 N–H and O–H groups in total. The molecule has 1 fully saturated rings. The van der Waals surface area contributed by atoms with Gasteiger partial charge in [0.05, 0.1) is 5.60 Å². The van der Waals surface area contributed by atoms with Crippen LogP contribution in [0.4, 0.5) is 0 Å². The van der Waals surface area contributed by atoms with Crippen LogP contribution in [0.1, 0.15) is 33.6 Å². The molecule has 0 radical (unpaired) electrons. The number of hydrogen-bond donors (Lipinski definition) is 3. The number of carboxylic acid groups (broad SMARTS) is 1. The third-order valence-corrected chi connectivity index (χ3v) is 2.62. The van der Waals surface area contributed by atoms with E-state index in [4.69, 9.17) is 9.47 Å². The van der Waals surface area contributed by atoms with E-state index in [0.29, 0.717) is 26.1 Å². The molecule has 6 nitrogen and oxygen atoms in total. The Labute approximate surface area is 101 Å². The number of aliphatic hydroxyl groups is 1. The first kappa shape index (κ1) is 14.4. The minimum Gasteiger partial charge on any atom is -0.480 e. The van der Waals surface area contributed by atoms with Gasteiger partial charge in [0.15, 0.2) is 0 Å². The normalized spacial score (nSPS) is 22.1. The lowest BCUT2D eigenvalue weighted by molar-refractivity contribution is -0.202. The van der Waals surface area contributed by atoms with Gasteiger partial charge < -0.3 is 19.7 Å². The second-order valence-electron chi connectivity index (χ2n) is 5.23. The summed E-state index contributed by atoms with van der Waals surface area (Å²) in [5.41, 5.74) is -1.71. The van der Waals surface area contributed by atoms with Gasteiger partial charge in [0, 0.05) is 13.2 Å². The lowest BCUT2D eigenvalue weighted by Crippen LogP contribution is -2.60. The van der Waals surface area contributed by atoms with Crippen molar-refractivity contribution in [1.29, 1.82) is 0 Å². The standard InChI is InChI=1S/C11H21NO5/c1-10(2,3)17-9(15)12-11(8(13)14)4-6-16-7-5-11/h9,12,15H,4-7H2,1-3H3,(H,13,14). The monoisotopic (exact) mass is 247 g/mol. The fourth-order valence-electron chi connectivity index (χ4n) is 1.74. The molecule has 0 spiro atoms. The first-order valence-electron chi connectivity index (χ1n) is 5.70. The molecule has 1 atom stereocenters. The van der Waals surface area contributed by atoms with E-state index in [1.54, 1.807) is 20.8 Å². The van der Waals surface area contributed by atoms with Crippen molar-refractivity contribution in [3.63, 3.8) is 0 Å². The Kier molecular flexibility index (Phi) is 4.48. The van der Waals surface area contributed by atoms with Crippen molar-refractivity contribution >= 4 is 5.97 Å². The molecule has 6 heteroatoms. The summed E-state index contributed by atoms with van der Waals surface area (Å²) in [6.07, 6.45) is -0.677. The minimum absolute atomic E-state index is 0.312. The maximum absolute atomic E-state index is 11.3. The zero-order valence-electron chi connectivity index (χ0n) is 10.5. The first-order chi connectivity index (χ1) is 7.75. The first-order valence-corrected chi connectivity index (χ1v) is 5.70. The van der Waals surface area contributed by atoms with Crippen LogP contribution >= 0.6 is 0 Å². The molecule has 1 aliphatic heterocycles. The molecule has 0 aromatic carbocycles. The fourth-order valence-corrected chi connectivity index (χ4v) is 1.74. The van der Waals surface area contributed by atoms with Crippen LogP contribution in [0.15, 0.2) is 0 Å².